The fourth-order valence-corrected chi connectivity index (χ4v) is 1.35. The molecular formula is C12H16FNO3. The third-order valence-electron chi connectivity index (χ3n) is 2.15. The Kier molecular flexibility index (Phi) is 5.42. The van der Waals surface area contributed by atoms with Crippen molar-refractivity contribution in [1.82, 2.24) is 5.32 Å². The molecule has 17 heavy (non-hydrogen) atoms. The molecule has 94 valence electrons. The number of halogens is 1. The number of carbonyl (C=O) groups is 1. The van der Waals surface area contributed by atoms with E-state index in [1.165, 1.54) is 18.2 Å². The lowest BCUT2D eigenvalue weighted by molar-refractivity contribution is -0.121. The maximum absolute atomic E-state index is 12.9. The highest BCUT2D eigenvalue weighted by atomic mass is 19.1. The molecule has 0 aliphatic rings. The van der Waals surface area contributed by atoms with Gasteiger partial charge in [-0.1, -0.05) is 0 Å². The number of carbonyl (C=O) groups excluding carboxylic acids is 1. The molecule has 0 spiro atoms. The van der Waals surface area contributed by atoms with E-state index < -0.39 is 5.82 Å². The predicted octanol–water partition coefficient (Wildman–Crippen LogP) is 1.22. The number of rotatable bonds is 6. The monoisotopic (exact) mass is 241 g/mol. The van der Waals surface area contributed by atoms with E-state index in [2.05, 4.69) is 5.32 Å². The Morgan fingerprint density at radius 1 is 1.53 bits per heavy atom. The van der Waals surface area contributed by atoms with Crippen molar-refractivity contribution in [3.05, 3.63) is 29.6 Å². The second kappa shape index (κ2) is 6.85. The van der Waals surface area contributed by atoms with E-state index in [0.717, 1.165) is 0 Å². The Labute approximate surface area is 99.4 Å². The van der Waals surface area contributed by atoms with Gasteiger partial charge in [0.25, 0.3) is 0 Å². The van der Waals surface area contributed by atoms with Gasteiger partial charge in [0.15, 0.2) is 0 Å². The number of amides is 1. The van der Waals surface area contributed by atoms with Gasteiger partial charge in [-0.15, -0.1) is 0 Å². The van der Waals surface area contributed by atoms with E-state index >= 15 is 0 Å². The first-order valence-corrected chi connectivity index (χ1v) is 5.46. The predicted molar refractivity (Wildman–Crippen MR) is 61.1 cm³/mol. The highest BCUT2D eigenvalue weighted by Gasteiger charge is 2.05. The van der Waals surface area contributed by atoms with Crippen LogP contribution in [0.15, 0.2) is 18.2 Å². The summed E-state index contributed by atoms with van der Waals surface area (Å²) < 4.78 is 18.2. The Hall–Kier alpha value is -1.62. The smallest absolute Gasteiger partial charge is 0.223 e. The van der Waals surface area contributed by atoms with Gasteiger partial charge in [-0.25, -0.2) is 4.39 Å². The number of ether oxygens (including phenoxy) is 1. The highest BCUT2D eigenvalue weighted by Crippen LogP contribution is 2.19. The maximum Gasteiger partial charge on any atom is 0.223 e. The first-order valence-electron chi connectivity index (χ1n) is 5.46. The van der Waals surface area contributed by atoms with Crippen molar-refractivity contribution in [2.75, 3.05) is 13.2 Å². The lowest BCUT2D eigenvalue weighted by Crippen LogP contribution is -2.24. The molecule has 0 atom stereocenters. The van der Waals surface area contributed by atoms with Crippen LogP contribution in [0.3, 0.4) is 0 Å². The summed E-state index contributed by atoms with van der Waals surface area (Å²) >= 11 is 0. The molecule has 0 aliphatic carbocycles. The number of aliphatic hydroxyl groups excluding tert-OH is 1. The molecule has 0 radical (unpaired) electrons. The average Bonchev–Trinajstić information content (AvgIpc) is 2.31. The molecule has 1 aromatic carbocycles. The second-order valence-corrected chi connectivity index (χ2v) is 3.46. The summed E-state index contributed by atoms with van der Waals surface area (Å²) in [5.74, 6) is -0.122. The third kappa shape index (κ3) is 4.40. The van der Waals surface area contributed by atoms with E-state index in [1.54, 1.807) is 0 Å². The normalized spacial score (nSPS) is 10.1. The molecule has 0 unspecified atom stereocenters. The van der Waals surface area contributed by atoms with Crippen molar-refractivity contribution in [1.29, 1.82) is 0 Å². The minimum Gasteiger partial charge on any atom is -0.493 e. The molecule has 0 aromatic heterocycles. The van der Waals surface area contributed by atoms with Crippen molar-refractivity contribution < 1.29 is 19.0 Å². The summed E-state index contributed by atoms with van der Waals surface area (Å²) in [6, 6.07) is 3.90. The van der Waals surface area contributed by atoms with Crippen molar-refractivity contribution in [3.63, 3.8) is 0 Å². The van der Waals surface area contributed by atoms with Crippen LogP contribution in [-0.4, -0.2) is 24.2 Å². The fraction of sp³-hybridized carbons (Fsp3) is 0.417. The van der Waals surface area contributed by atoms with Crippen LogP contribution in [-0.2, 0) is 11.4 Å². The van der Waals surface area contributed by atoms with Gasteiger partial charge in [0.2, 0.25) is 5.91 Å². The van der Waals surface area contributed by atoms with Crippen molar-refractivity contribution in [3.8, 4) is 5.75 Å². The van der Waals surface area contributed by atoms with Crippen LogP contribution in [0, 0.1) is 5.82 Å². The van der Waals surface area contributed by atoms with Gasteiger partial charge in [-0.05, 0) is 25.1 Å². The highest BCUT2D eigenvalue weighted by molar-refractivity contribution is 5.75. The molecule has 1 amide bonds. The van der Waals surface area contributed by atoms with Gasteiger partial charge >= 0.3 is 0 Å². The molecule has 1 aromatic rings. The van der Waals surface area contributed by atoms with Crippen molar-refractivity contribution >= 4 is 5.91 Å². The molecule has 0 fully saturated rings. The topological polar surface area (TPSA) is 58.6 Å². The van der Waals surface area contributed by atoms with Gasteiger partial charge in [0.1, 0.15) is 11.6 Å². The lowest BCUT2D eigenvalue weighted by Gasteiger charge is -2.09. The number of aliphatic hydroxyl groups is 1. The number of hydrogen-bond acceptors (Lipinski definition) is 3. The minimum absolute atomic E-state index is 0.0971. The summed E-state index contributed by atoms with van der Waals surface area (Å²) in [6.07, 6.45) is 0.232. The summed E-state index contributed by atoms with van der Waals surface area (Å²) in [5.41, 5.74) is 0.376. The van der Waals surface area contributed by atoms with E-state index in [9.17, 15) is 9.18 Å². The average molecular weight is 241 g/mol. The molecule has 1 rings (SSSR count). The Morgan fingerprint density at radius 3 is 2.94 bits per heavy atom. The van der Waals surface area contributed by atoms with E-state index in [1.807, 2.05) is 6.92 Å². The molecule has 0 heterocycles. The van der Waals surface area contributed by atoms with Crippen LogP contribution in [0.5, 0.6) is 5.75 Å². The first kappa shape index (κ1) is 13.4. The molecule has 0 saturated heterocycles. The van der Waals surface area contributed by atoms with Crippen LogP contribution in [0.1, 0.15) is 18.9 Å². The molecule has 5 heteroatoms. The zero-order valence-electron chi connectivity index (χ0n) is 9.70. The quantitative estimate of drug-likeness (QED) is 0.787. The zero-order valence-corrected chi connectivity index (χ0v) is 9.70. The van der Waals surface area contributed by atoms with Gasteiger partial charge in [-0.2, -0.15) is 0 Å². The van der Waals surface area contributed by atoms with Crippen molar-refractivity contribution in [2.45, 2.75) is 20.0 Å². The molecule has 0 saturated carbocycles. The first-order chi connectivity index (χ1) is 8.17. The van der Waals surface area contributed by atoms with Crippen LogP contribution in [0.2, 0.25) is 0 Å². The Bertz CT molecular complexity index is 382. The third-order valence-corrected chi connectivity index (χ3v) is 2.15. The van der Waals surface area contributed by atoms with Gasteiger partial charge in [0.05, 0.1) is 19.6 Å². The van der Waals surface area contributed by atoms with Gasteiger partial charge in [-0.3, -0.25) is 4.79 Å². The minimum atomic E-state index is -0.426. The molecule has 4 nitrogen and oxygen atoms in total. The van der Waals surface area contributed by atoms with E-state index in [-0.39, 0.29) is 25.5 Å². The zero-order chi connectivity index (χ0) is 12.7. The van der Waals surface area contributed by atoms with Crippen molar-refractivity contribution in [2.24, 2.45) is 0 Å². The second-order valence-electron chi connectivity index (χ2n) is 3.46. The Morgan fingerprint density at radius 2 is 2.29 bits per heavy atom. The SMILES string of the molecule is CCNC(=O)CCOc1ccc(F)cc1CO. The van der Waals surface area contributed by atoms with Gasteiger partial charge in [0, 0.05) is 12.1 Å². The fourth-order valence-electron chi connectivity index (χ4n) is 1.35. The van der Waals surface area contributed by atoms with Gasteiger partial charge < -0.3 is 15.2 Å². The molecular weight excluding hydrogens is 225 g/mol. The van der Waals surface area contributed by atoms with Crippen LogP contribution in [0.4, 0.5) is 4.39 Å². The summed E-state index contributed by atoms with van der Waals surface area (Å²) in [5, 5.41) is 11.7. The molecule has 0 aliphatic heterocycles. The van der Waals surface area contributed by atoms with E-state index in [4.69, 9.17) is 9.84 Å². The largest absolute Gasteiger partial charge is 0.493 e. The lowest BCUT2D eigenvalue weighted by atomic mass is 10.2. The van der Waals surface area contributed by atoms with Crippen LogP contribution in [0.25, 0.3) is 0 Å². The van der Waals surface area contributed by atoms with Crippen LogP contribution < -0.4 is 10.1 Å². The number of benzene rings is 1. The number of hydrogen-bond donors (Lipinski definition) is 2. The summed E-state index contributed by atoms with van der Waals surface area (Å²) in [6.45, 7) is 2.32. The van der Waals surface area contributed by atoms with Crippen LogP contribution >= 0.6 is 0 Å². The standard InChI is InChI=1S/C12H16FNO3/c1-2-14-12(16)5-6-17-11-4-3-10(13)7-9(11)8-15/h3-4,7,15H,2,5-6,8H2,1H3,(H,14,16). The summed E-state index contributed by atoms with van der Waals surface area (Å²) in [4.78, 5) is 11.1. The summed E-state index contributed by atoms with van der Waals surface area (Å²) in [7, 11) is 0. The molecule has 2 N–H and O–H groups in total. The Balaban J connectivity index is 2.49. The maximum atomic E-state index is 12.9. The number of nitrogens with one attached hydrogen (secondary N) is 1. The van der Waals surface area contributed by atoms with E-state index in [0.29, 0.717) is 17.9 Å². The molecule has 0 bridgehead atoms.